The van der Waals surface area contributed by atoms with Crippen molar-refractivity contribution in [3.05, 3.63) is 24.1 Å². The first-order valence-corrected chi connectivity index (χ1v) is 5.70. The van der Waals surface area contributed by atoms with Gasteiger partial charge in [0, 0.05) is 5.41 Å². The Labute approximate surface area is 82.4 Å². The molecule has 0 aliphatic carbocycles. The van der Waals surface area contributed by atoms with Crippen LogP contribution in [0.4, 0.5) is 4.79 Å². The van der Waals surface area contributed by atoms with Gasteiger partial charge in [0.2, 0.25) is 0 Å². The highest BCUT2D eigenvalue weighted by molar-refractivity contribution is 7.94. The van der Waals surface area contributed by atoms with Gasteiger partial charge in [-0.1, -0.05) is 12.7 Å². The van der Waals surface area contributed by atoms with Crippen LogP contribution in [-0.4, -0.2) is 32.9 Å². The van der Waals surface area contributed by atoms with E-state index in [0.29, 0.717) is 0 Å². The average Bonchev–Trinajstić information content (AvgIpc) is 2.42. The van der Waals surface area contributed by atoms with Gasteiger partial charge in [0.15, 0.2) is 9.84 Å². The third kappa shape index (κ3) is 3.21. The third-order valence-electron chi connectivity index (χ3n) is 1.57. The lowest BCUT2D eigenvalue weighted by molar-refractivity contribution is 0.157. The monoisotopic (exact) mass is 217 g/mol. The molecule has 0 spiro atoms. The molecule has 0 saturated carbocycles. The fourth-order valence-corrected chi connectivity index (χ4v) is 2.23. The van der Waals surface area contributed by atoms with Crippen LogP contribution < -0.4 is 5.32 Å². The normalized spacial score (nSPS) is 23.0. The van der Waals surface area contributed by atoms with Crippen molar-refractivity contribution in [2.45, 2.75) is 6.04 Å². The topological polar surface area (TPSA) is 72.5 Å². The predicted octanol–water partition coefficient (Wildman–Crippen LogP) is 0.209. The number of rotatable bonds is 3. The summed E-state index contributed by atoms with van der Waals surface area (Å²) in [5.41, 5.74) is 0. The Bertz CT molecular complexity index is 358. The number of hydrogen-bond donors (Lipinski definition) is 1. The minimum Gasteiger partial charge on any atom is -0.445 e. The summed E-state index contributed by atoms with van der Waals surface area (Å²) in [6, 6.07) is -0.489. The van der Waals surface area contributed by atoms with Crippen LogP contribution in [0.2, 0.25) is 0 Å². The van der Waals surface area contributed by atoms with Gasteiger partial charge in [-0.25, -0.2) is 13.2 Å². The van der Waals surface area contributed by atoms with Gasteiger partial charge >= 0.3 is 6.09 Å². The predicted molar refractivity (Wildman–Crippen MR) is 51.4 cm³/mol. The molecule has 1 unspecified atom stereocenters. The maximum atomic E-state index is 11.0. The van der Waals surface area contributed by atoms with Crippen LogP contribution in [0.5, 0.6) is 0 Å². The van der Waals surface area contributed by atoms with Crippen molar-refractivity contribution < 1.29 is 17.9 Å². The Balaban J connectivity index is 2.37. The molecule has 0 fully saturated rings. The summed E-state index contributed by atoms with van der Waals surface area (Å²) in [5, 5.41) is 3.48. The van der Waals surface area contributed by atoms with Gasteiger partial charge in [0.1, 0.15) is 6.61 Å². The first kappa shape index (κ1) is 10.8. The minimum absolute atomic E-state index is 0.101. The number of hydrogen-bond acceptors (Lipinski definition) is 4. The molecule has 78 valence electrons. The molecule has 1 aliphatic heterocycles. The number of amides is 1. The fraction of sp³-hybridized carbons (Fsp3) is 0.375. The Morgan fingerprint density at radius 3 is 2.93 bits per heavy atom. The van der Waals surface area contributed by atoms with Crippen LogP contribution in [0.3, 0.4) is 0 Å². The number of ether oxygens (including phenoxy) is 1. The van der Waals surface area contributed by atoms with E-state index >= 15 is 0 Å². The molecule has 14 heavy (non-hydrogen) atoms. The number of nitrogens with one attached hydrogen (secondary N) is 1. The number of carbonyl (C=O) groups is 1. The summed E-state index contributed by atoms with van der Waals surface area (Å²) in [5.74, 6) is -0.101. The molecule has 0 aromatic carbocycles. The zero-order valence-corrected chi connectivity index (χ0v) is 8.29. The Morgan fingerprint density at radius 1 is 1.71 bits per heavy atom. The van der Waals surface area contributed by atoms with Gasteiger partial charge in [-0.3, -0.25) is 0 Å². The summed E-state index contributed by atoms with van der Waals surface area (Å²) in [4.78, 5) is 11.0. The highest BCUT2D eigenvalue weighted by Gasteiger charge is 2.23. The van der Waals surface area contributed by atoms with Gasteiger partial charge in [0.05, 0.1) is 11.8 Å². The second-order valence-corrected chi connectivity index (χ2v) is 4.73. The van der Waals surface area contributed by atoms with Crippen molar-refractivity contribution in [3.63, 3.8) is 0 Å². The van der Waals surface area contributed by atoms with Crippen LogP contribution >= 0.6 is 0 Å². The molecule has 1 atom stereocenters. The van der Waals surface area contributed by atoms with E-state index in [4.69, 9.17) is 0 Å². The van der Waals surface area contributed by atoms with Gasteiger partial charge in [-0.15, -0.1) is 0 Å². The van der Waals surface area contributed by atoms with Crippen molar-refractivity contribution in [2.75, 3.05) is 12.4 Å². The molecule has 0 bridgehead atoms. The molecule has 0 radical (unpaired) electrons. The molecule has 0 aromatic heterocycles. The first-order chi connectivity index (χ1) is 6.53. The van der Waals surface area contributed by atoms with Gasteiger partial charge in [-0.2, -0.15) is 0 Å². The summed E-state index contributed by atoms with van der Waals surface area (Å²) in [6.07, 6.45) is 2.21. The molecule has 0 saturated heterocycles. The third-order valence-corrected chi connectivity index (χ3v) is 2.96. The standard InChI is InChI=1S/C8H11NO4S/c1-2-4-13-8(10)9-7-3-5-14(11,12)6-7/h2-3,5,7H,1,4,6H2,(H,9,10). The molecule has 5 nitrogen and oxygen atoms in total. The SMILES string of the molecule is C=CCOC(=O)NC1C=CS(=O)(=O)C1. The molecule has 1 heterocycles. The van der Waals surface area contributed by atoms with Gasteiger partial charge < -0.3 is 10.1 Å². The molecule has 1 aliphatic rings. The maximum Gasteiger partial charge on any atom is 0.407 e. The lowest BCUT2D eigenvalue weighted by Gasteiger charge is -2.08. The van der Waals surface area contributed by atoms with Crippen molar-refractivity contribution in [1.29, 1.82) is 0 Å². The number of carbonyl (C=O) groups excluding carboxylic acids is 1. The molecular formula is C8H11NO4S. The Kier molecular flexibility index (Phi) is 3.29. The summed E-state index contributed by atoms with van der Waals surface area (Å²) < 4.78 is 26.5. The summed E-state index contributed by atoms with van der Waals surface area (Å²) in [7, 11) is -3.13. The maximum absolute atomic E-state index is 11.0. The van der Waals surface area contributed by atoms with Gasteiger partial charge in [-0.05, 0) is 6.08 Å². The lowest BCUT2D eigenvalue weighted by Crippen LogP contribution is -2.35. The summed E-state index contributed by atoms with van der Waals surface area (Å²) >= 11 is 0. The van der Waals surface area contributed by atoms with E-state index in [1.54, 1.807) is 0 Å². The van der Waals surface area contributed by atoms with E-state index in [-0.39, 0.29) is 12.4 Å². The molecule has 1 amide bonds. The van der Waals surface area contributed by atoms with Crippen LogP contribution in [0.25, 0.3) is 0 Å². The second kappa shape index (κ2) is 4.28. The van der Waals surface area contributed by atoms with Crippen LogP contribution in [0.15, 0.2) is 24.1 Å². The Hall–Kier alpha value is -1.30. The fourth-order valence-electron chi connectivity index (χ4n) is 0.993. The van der Waals surface area contributed by atoms with Crippen molar-refractivity contribution in [2.24, 2.45) is 0 Å². The minimum atomic E-state index is -3.13. The summed E-state index contributed by atoms with van der Waals surface area (Å²) in [6.45, 7) is 3.48. The smallest absolute Gasteiger partial charge is 0.407 e. The van der Waals surface area contributed by atoms with E-state index in [0.717, 1.165) is 5.41 Å². The van der Waals surface area contributed by atoms with E-state index in [1.165, 1.54) is 12.2 Å². The van der Waals surface area contributed by atoms with E-state index in [9.17, 15) is 13.2 Å². The van der Waals surface area contributed by atoms with E-state index in [2.05, 4.69) is 16.6 Å². The molecule has 1 N–H and O–H groups in total. The van der Waals surface area contributed by atoms with Crippen LogP contribution in [0.1, 0.15) is 0 Å². The highest BCUT2D eigenvalue weighted by Crippen LogP contribution is 2.07. The largest absolute Gasteiger partial charge is 0.445 e. The number of alkyl carbamates (subject to hydrolysis) is 1. The van der Waals surface area contributed by atoms with E-state index in [1.807, 2.05) is 0 Å². The average molecular weight is 217 g/mol. The zero-order valence-electron chi connectivity index (χ0n) is 7.47. The van der Waals surface area contributed by atoms with Crippen molar-refractivity contribution >= 4 is 15.9 Å². The Morgan fingerprint density at radius 2 is 2.43 bits per heavy atom. The molecule has 1 rings (SSSR count). The second-order valence-electron chi connectivity index (χ2n) is 2.80. The molecular weight excluding hydrogens is 206 g/mol. The zero-order chi connectivity index (χ0) is 10.6. The van der Waals surface area contributed by atoms with Crippen LogP contribution in [-0.2, 0) is 14.6 Å². The first-order valence-electron chi connectivity index (χ1n) is 3.98. The van der Waals surface area contributed by atoms with Gasteiger partial charge in [0.25, 0.3) is 0 Å². The number of sulfone groups is 1. The van der Waals surface area contributed by atoms with Crippen molar-refractivity contribution in [3.8, 4) is 0 Å². The lowest BCUT2D eigenvalue weighted by atomic mass is 10.3. The van der Waals surface area contributed by atoms with Crippen LogP contribution in [0, 0.1) is 0 Å². The quantitative estimate of drug-likeness (QED) is 0.686. The van der Waals surface area contributed by atoms with E-state index < -0.39 is 22.0 Å². The van der Waals surface area contributed by atoms with Crippen molar-refractivity contribution in [1.82, 2.24) is 5.32 Å². The molecule has 6 heteroatoms. The highest BCUT2D eigenvalue weighted by atomic mass is 32.2. The molecule has 0 aromatic rings.